The third-order valence-corrected chi connectivity index (χ3v) is 21.4. The Hall–Kier alpha value is -14.6. The number of rotatable bonds is 14. The average molecular weight is 2220 g/mol. The molecule has 0 atom stereocenters. The number of carbonyl (C=O) groups excluding carboxylic acids is 6. The monoisotopic (exact) mass is 2210 g/mol. The van der Waals surface area contributed by atoms with E-state index in [9.17, 15) is 38.4 Å². The summed E-state index contributed by atoms with van der Waals surface area (Å²) in [4.78, 5) is 135. The molecule has 12 N–H and O–H groups in total. The van der Waals surface area contributed by atoms with Crippen molar-refractivity contribution in [3.63, 3.8) is 0 Å². The molecule has 0 bridgehead atoms. The molecule has 0 unspecified atom stereocenters. The number of imidazole rings is 2. The van der Waals surface area contributed by atoms with Crippen LogP contribution >= 0.6 is 75.8 Å². The first kappa shape index (κ1) is 109. The van der Waals surface area contributed by atoms with Crippen molar-refractivity contribution in [2.75, 3.05) is 77.1 Å². The molecule has 11 aromatic heterocycles. The van der Waals surface area contributed by atoms with Crippen molar-refractivity contribution in [1.29, 1.82) is 0 Å². The van der Waals surface area contributed by atoms with Crippen LogP contribution in [0.1, 0.15) is 66.8 Å². The van der Waals surface area contributed by atoms with Gasteiger partial charge in [-0.15, -0.1) is 0 Å². The van der Waals surface area contributed by atoms with Gasteiger partial charge in [0.2, 0.25) is 29.2 Å². The summed E-state index contributed by atoms with van der Waals surface area (Å²) in [7, 11) is 6.19. The molecular formula is C94H95B3Br4N17O23S. The van der Waals surface area contributed by atoms with Crippen LogP contribution in [0.5, 0.6) is 40.4 Å². The van der Waals surface area contributed by atoms with Crippen LogP contribution in [0.15, 0.2) is 229 Å². The third-order valence-electron chi connectivity index (χ3n) is 19.7. The number of aromatic amines is 4. The molecule has 142 heavy (non-hydrogen) atoms. The van der Waals surface area contributed by atoms with Gasteiger partial charge in [-0.3, -0.25) is 29.0 Å². The molecule has 0 saturated carbocycles. The summed E-state index contributed by atoms with van der Waals surface area (Å²) in [5.41, 5.74) is 19.8. The van der Waals surface area contributed by atoms with E-state index in [1.807, 2.05) is 97.5 Å². The summed E-state index contributed by atoms with van der Waals surface area (Å²) in [6, 6.07) is 43.1. The van der Waals surface area contributed by atoms with Crippen LogP contribution in [0, 0.1) is 0 Å². The van der Waals surface area contributed by atoms with Crippen LogP contribution in [-0.2, 0) is 41.4 Å². The molecule has 1 radical (unpaired) electrons. The van der Waals surface area contributed by atoms with Crippen LogP contribution in [0.2, 0.25) is 0 Å². The minimum absolute atomic E-state index is 0.000530. The zero-order valence-electron chi connectivity index (χ0n) is 78.7. The molecule has 5 aromatic carbocycles. The van der Waals surface area contributed by atoms with Gasteiger partial charge in [0.1, 0.15) is 17.0 Å². The van der Waals surface area contributed by atoms with Crippen LogP contribution in [0.25, 0.3) is 71.9 Å². The number of aromatic nitrogens is 13. The first-order valence-corrected chi connectivity index (χ1v) is 46.0. The normalized spacial score (nSPS) is 11.4. The number of nitrogens with zero attached hydrogens (tertiary/aromatic N) is 11. The molecule has 40 nitrogen and oxygen atoms in total. The second-order valence-corrected chi connectivity index (χ2v) is 35.2. The third kappa shape index (κ3) is 28.0. The van der Waals surface area contributed by atoms with Crippen LogP contribution in [0.3, 0.4) is 0 Å². The number of halogens is 4. The first-order valence-electron chi connectivity index (χ1n) is 42.4. The molecule has 0 aliphatic carbocycles. The van der Waals surface area contributed by atoms with Gasteiger partial charge >= 0.3 is 68.8 Å². The van der Waals surface area contributed by atoms with Gasteiger partial charge in [0.15, 0.2) is 34.3 Å². The quantitative estimate of drug-likeness (QED) is 0.0275. The first-order chi connectivity index (χ1) is 67.7. The molecule has 16 aromatic rings. The predicted octanol–water partition coefficient (Wildman–Crippen LogP) is 15.0. The molecule has 18 rings (SSSR count). The van der Waals surface area contributed by atoms with Gasteiger partial charge in [0, 0.05) is 118 Å². The number of nitrogen functional groups attached to an aromatic ring is 2. The molecule has 0 fully saturated rings. The van der Waals surface area contributed by atoms with E-state index >= 15 is 0 Å². The number of benzene rings is 5. The molecule has 13 heterocycles. The average Bonchev–Trinajstić information content (AvgIpc) is 1.61. The number of H-pyrrole nitrogens is 4. The Kier molecular flexibility index (Phi) is 38.5. The van der Waals surface area contributed by atoms with E-state index in [-0.39, 0.29) is 53.9 Å². The van der Waals surface area contributed by atoms with Gasteiger partial charge in [-0.25, -0.2) is 53.6 Å². The molecule has 2 aliphatic rings. The Morgan fingerprint density at radius 1 is 0.479 bits per heavy atom. The van der Waals surface area contributed by atoms with E-state index in [0.29, 0.717) is 95.1 Å². The van der Waals surface area contributed by atoms with Crippen molar-refractivity contribution in [3.05, 3.63) is 252 Å². The SMILES string of the molecule is CC(C)(C)OC(=O)n1c(=O)[nH]c2cc(Br)cnc21.CC(C)(C)OC(=O)n1c(=O)n(-c2ccc3[nH]ccc3c2)c2cc(Br)cnc21.CCOC(=O)N1C(=O)Cc2ncc(Br)cc21.CCOC(=O)Oc1ccccn1.COc1cc(-c2cnc3c(c2)N(c2ccc4[nH]ccc4c2)C(=O)C3)cc(OC)c1OC.COc1cc(B(O)O)cc(OC)c1OC.Nc1cc(Br)cnc1N.OB(O)c1ccc2[nH]ccc2c1.[B]=S. The number of nitrogens with two attached hydrogens (primary N) is 2. The Morgan fingerprint density at radius 3 is 1.49 bits per heavy atom. The summed E-state index contributed by atoms with van der Waals surface area (Å²) in [5.74, 6) is 3.16. The van der Waals surface area contributed by atoms with Gasteiger partial charge in [-0.1, -0.05) is 18.2 Å². The van der Waals surface area contributed by atoms with Gasteiger partial charge in [-0.2, -0.15) is 9.13 Å². The van der Waals surface area contributed by atoms with Crippen LogP contribution < -0.4 is 76.7 Å². The number of nitrogens with one attached hydrogen (secondary N) is 4. The van der Waals surface area contributed by atoms with E-state index in [1.54, 1.807) is 161 Å². The number of anilines is 5. The standard InChI is InChI=1S/C24H21N3O4.C19H17BrN4O3.C11H12BrN3O3.C10H9BrN2O3.C9H13BO5.C8H8BNO2.C8H9NO3.C5H6BrN3.BS/c1-29-21-10-15(11-22(30-2)24(21)31-3)16-9-20-19(26-13-16)12-23(28)27(20)17-4-5-18-14(8-17)6-7-25-18;1-19(2,3)27-18(26)24-16-15(9-12(20)10-22-16)23(17(24)25)13-4-5-14-11(8-13)6-7-21-14;1-11(2,3)18-10(17)15-8-7(14-9(15)16)4-6(12)5-13-8;1-2-16-10(15)13-8-3-6(11)5-12-7(8)4-9(13)14;1-13-7-4-6(10(11)12)5-8(14-2)9(7)15-3;11-9(12)7-1-2-8-6(5-7)3-4-10-8;1-2-11-8(10)12-7-5-3-4-6-9-7;6-3-1-4(7)5(8)9-2-3;1-2/h4-11,13,25H,12H2,1-3H3;4-10,21H,1-3H3;4-5H,1-3H3,(H,14,16);3,5H,2,4H2,1H3;4-5,11-12H,1-3H3;1-5,10-12H;3-6H,2H2,1H3;1-2H,7H2,(H2,8,9);. The summed E-state index contributed by atoms with van der Waals surface area (Å²) >= 11 is 16.7. The van der Waals surface area contributed by atoms with Crippen LogP contribution in [-0.4, -0.2) is 208 Å². The molecule has 0 spiro atoms. The molecule has 3 amide bonds. The Balaban J connectivity index is 0.000000172. The van der Waals surface area contributed by atoms with Crippen molar-refractivity contribution in [2.45, 2.75) is 79.4 Å². The van der Waals surface area contributed by atoms with E-state index in [2.05, 4.69) is 142 Å². The number of imide groups is 1. The fourth-order valence-corrected chi connectivity index (χ4v) is 14.9. The Morgan fingerprint density at radius 2 is 0.965 bits per heavy atom. The van der Waals surface area contributed by atoms with Crippen LogP contribution in [0.4, 0.5) is 47.7 Å². The van der Waals surface area contributed by atoms with Crippen molar-refractivity contribution < 1.29 is 101 Å². The van der Waals surface area contributed by atoms with E-state index in [4.69, 9.17) is 74.2 Å². The Bertz CT molecular complexity index is 7290. The van der Waals surface area contributed by atoms with E-state index < -0.39 is 61.3 Å². The fourth-order valence-electron chi connectivity index (χ4n) is 13.6. The zero-order chi connectivity index (χ0) is 104. The van der Waals surface area contributed by atoms with Gasteiger partial charge in [0.05, 0.1) is 114 Å². The summed E-state index contributed by atoms with van der Waals surface area (Å²) in [6.07, 6.45) is 12.6. The van der Waals surface area contributed by atoms with Gasteiger partial charge in [0.25, 0.3) is 0 Å². The molecular weight excluding hydrogens is 2120 g/mol. The minimum atomic E-state index is -1.57. The number of hydrogen-bond acceptors (Lipinski definition) is 32. The number of amides is 3. The van der Waals surface area contributed by atoms with Gasteiger partial charge in [-0.05, 0) is 262 Å². The maximum absolute atomic E-state index is 13.2. The number of hydrogen-bond donors (Lipinski definition) is 10. The Labute approximate surface area is 851 Å². The molecule has 0 saturated heterocycles. The molecule has 737 valence electrons. The summed E-state index contributed by atoms with van der Waals surface area (Å²) in [6.45, 7) is 18.5. The van der Waals surface area contributed by atoms with Crippen molar-refractivity contribution in [1.82, 2.24) is 63.5 Å². The molecule has 48 heteroatoms. The zero-order valence-corrected chi connectivity index (χ0v) is 85.8. The van der Waals surface area contributed by atoms with E-state index in [0.717, 1.165) is 83.9 Å². The summed E-state index contributed by atoms with van der Waals surface area (Å²) in [5, 5.41) is 38.8. The van der Waals surface area contributed by atoms with Gasteiger partial charge < -0.3 is 104 Å². The topological polar surface area (TPSA) is 533 Å². The maximum atomic E-state index is 13.2. The number of pyridine rings is 6. The number of methoxy groups -OCH3 is 6. The molecule has 2 aliphatic heterocycles. The summed E-state index contributed by atoms with van der Waals surface area (Å²) < 4.78 is 62.4. The van der Waals surface area contributed by atoms with Crippen molar-refractivity contribution in [3.8, 4) is 57.2 Å². The van der Waals surface area contributed by atoms with Crippen molar-refractivity contribution in [2.24, 2.45) is 0 Å². The predicted molar refractivity (Wildman–Crippen MR) is 555 cm³/mol. The number of fused-ring (bicyclic) bond motifs is 7. The van der Waals surface area contributed by atoms with E-state index in [1.165, 1.54) is 50.4 Å². The fraction of sp³-hybridized carbons (Fsp3) is 0.213. The second-order valence-electron chi connectivity index (χ2n) is 31.5. The van der Waals surface area contributed by atoms with Crippen molar-refractivity contribution >= 4 is 228 Å². The second kappa shape index (κ2) is 50.0. The number of ether oxygens (including phenoxy) is 11. The number of carbonyl (C=O) groups is 6.